The lowest BCUT2D eigenvalue weighted by Crippen LogP contribution is -1.96. The summed E-state index contributed by atoms with van der Waals surface area (Å²) in [4.78, 5) is 10.2. The highest BCUT2D eigenvalue weighted by molar-refractivity contribution is 6.23. The minimum absolute atomic E-state index is 0.689. The van der Waals surface area contributed by atoms with Crippen LogP contribution in [-0.2, 0) is 0 Å². The van der Waals surface area contributed by atoms with E-state index in [1.54, 1.807) is 0 Å². The molecule has 0 N–H and O–H groups in total. The molecule has 3 nitrogen and oxygen atoms in total. The molecule has 13 rings (SSSR count). The first-order chi connectivity index (χ1) is 32.2. The van der Waals surface area contributed by atoms with Gasteiger partial charge in [-0.05, 0) is 113 Å². The molecular formula is C62H38N2O. The van der Waals surface area contributed by atoms with Crippen molar-refractivity contribution in [3.8, 4) is 67.3 Å². The van der Waals surface area contributed by atoms with Crippen LogP contribution in [0.15, 0.2) is 235 Å². The molecule has 302 valence electrons. The van der Waals surface area contributed by atoms with E-state index in [2.05, 4.69) is 188 Å². The molecule has 13 aromatic rings. The smallest absolute Gasteiger partial charge is 0.160 e. The maximum Gasteiger partial charge on any atom is 0.160 e. The topological polar surface area (TPSA) is 38.9 Å². The predicted molar refractivity (Wildman–Crippen MR) is 272 cm³/mol. The third-order valence-electron chi connectivity index (χ3n) is 13.1. The number of para-hydroxylation sites is 1. The molecular weight excluding hydrogens is 789 g/mol. The Hall–Kier alpha value is -8.66. The van der Waals surface area contributed by atoms with Crippen LogP contribution in [0, 0.1) is 0 Å². The SMILES string of the molecule is c1ccc(-c2nc(-c3ccc(-c4ccc(-c5ccc(-c6c7ccccc7cc7c6ccc6ccccc67)c6ccccc56)cc4)cc3)cc(-c3ccc4oc5ccccc5c4c3)n2)cc1. The molecule has 2 heterocycles. The number of fused-ring (bicyclic) bond motifs is 8. The standard InChI is InChI=1S/C62H38N2O/c1-2-13-44(14-3-1)62-63-57(38-58(64-62)46-31-35-60-56(37-46)52-20-10-11-21-59(52)65-60)43-28-24-40(25-29-43)39-22-26-42(27-23-39)48-33-34-53(51-19-9-8-18-50(48)51)61-49-17-7-5-15-45(49)36-55-47-16-6-4-12-41(47)30-32-54(55)61/h1-38H. The summed E-state index contributed by atoms with van der Waals surface area (Å²) in [6, 6.07) is 82.5. The minimum atomic E-state index is 0.689. The molecule has 3 heteroatoms. The molecule has 0 saturated heterocycles. The number of aromatic nitrogens is 2. The summed E-state index contributed by atoms with van der Waals surface area (Å²) >= 11 is 0. The molecule has 0 spiro atoms. The van der Waals surface area contributed by atoms with E-state index in [4.69, 9.17) is 14.4 Å². The second kappa shape index (κ2) is 15.0. The Morgan fingerprint density at radius 1 is 0.262 bits per heavy atom. The van der Waals surface area contributed by atoms with Crippen molar-refractivity contribution in [1.82, 2.24) is 9.97 Å². The summed E-state index contributed by atoms with van der Waals surface area (Å²) in [6.45, 7) is 0. The highest BCUT2D eigenvalue weighted by Gasteiger charge is 2.17. The average Bonchev–Trinajstić information content (AvgIpc) is 3.76. The fourth-order valence-corrected chi connectivity index (χ4v) is 9.90. The summed E-state index contributed by atoms with van der Waals surface area (Å²) in [7, 11) is 0. The van der Waals surface area contributed by atoms with E-state index in [9.17, 15) is 0 Å². The van der Waals surface area contributed by atoms with Crippen molar-refractivity contribution in [3.05, 3.63) is 231 Å². The van der Waals surface area contributed by atoms with Gasteiger partial charge in [-0.25, -0.2) is 9.97 Å². The van der Waals surface area contributed by atoms with Crippen LogP contribution >= 0.6 is 0 Å². The van der Waals surface area contributed by atoms with Gasteiger partial charge in [-0.2, -0.15) is 0 Å². The maximum absolute atomic E-state index is 6.14. The van der Waals surface area contributed by atoms with Gasteiger partial charge in [0.1, 0.15) is 11.2 Å². The Balaban J connectivity index is 0.854. The first-order valence-corrected chi connectivity index (χ1v) is 22.1. The molecule has 0 bridgehead atoms. The third-order valence-corrected chi connectivity index (χ3v) is 13.1. The fourth-order valence-electron chi connectivity index (χ4n) is 9.90. The lowest BCUT2D eigenvalue weighted by molar-refractivity contribution is 0.669. The summed E-state index contributed by atoms with van der Waals surface area (Å²) in [5.41, 5.74) is 13.7. The van der Waals surface area contributed by atoms with Crippen LogP contribution in [0.4, 0.5) is 0 Å². The van der Waals surface area contributed by atoms with Gasteiger partial charge in [-0.3, -0.25) is 0 Å². The Bertz CT molecular complexity index is 3980. The largest absolute Gasteiger partial charge is 0.456 e. The van der Waals surface area contributed by atoms with Crippen molar-refractivity contribution in [2.24, 2.45) is 0 Å². The molecule has 0 aliphatic carbocycles. The number of nitrogens with zero attached hydrogens (tertiary/aromatic N) is 2. The zero-order valence-electron chi connectivity index (χ0n) is 35.2. The van der Waals surface area contributed by atoms with Gasteiger partial charge in [-0.1, -0.05) is 194 Å². The van der Waals surface area contributed by atoms with Crippen molar-refractivity contribution in [2.45, 2.75) is 0 Å². The van der Waals surface area contributed by atoms with Gasteiger partial charge < -0.3 is 4.42 Å². The first kappa shape index (κ1) is 36.9. The van der Waals surface area contributed by atoms with E-state index in [0.717, 1.165) is 61.1 Å². The van der Waals surface area contributed by atoms with Crippen LogP contribution in [0.2, 0.25) is 0 Å². The van der Waals surface area contributed by atoms with Gasteiger partial charge >= 0.3 is 0 Å². The normalized spacial score (nSPS) is 11.7. The van der Waals surface area contributed by atoms with Crippen molar-refractivity contribution >= 4 is 65.0 Å². The lowest BCUT2D eigenvalue weighted by Gasteiger charge is -2.17. The highest BCUT2D eigenvalue weighted by Crippen LogP contribution is 2.44. The molecule has 0 amide bonds. The van der Waals surface area contributed by atoms with E-state index in [1.165, 1.54) is 65.3 Å². The van der Waals surface area contributed by atoms with Gasteiger partial charge in [0.15, 0.2) is 5.82 Å². The Morgan fingerprint density at radius 3 is 1.58 bits per heavy atom. The molecule has 0 unspecified atom stereocenters. The number of benzene rings is 11. The molecule has 0 radical (unpaired) electrons. The number of hydrogen-bond acceptors (Lipinski definition) is 3. The Labute approximate surface area is 375 Å². The molecule has 0 atom stereocenters. The van der Waals surface area contributed by atoms with Gasteiger partial charge in [-0.15, -0.1) is 0 Å². The summed E-state index contributed by atoms with van der Waals surface area (Å²) in [6.07, 6.45) is 0. The molecule has 65 heavy (non-hydrogen) atoms. The van der Waals surface area contributed by atoms with Crippen LogP contribution < -0.4 is 0 Å². The molecule has 0 fully saturated rings. The lowest BCUT2D eigenvalue weighted by atomic mass is 9.86. The van der Waals surface area contributed by atoms with Crippen molar-refractivity contribution in [2.75, 3.05) is 0 Å². The number of rotatable bonds is 6. The fraction of sp³-hybridized carbons (Fsp3) is 0. The van der Waals surface area contributed by atoms with Crippen molar-refractivity contribution < 1.29 is 4.42 Å². The van der Waals surface area contributed by atoms with Crippen LogP contribution in [0.25, 0.3) is 132 Å². The van der Waals surface area contributed by atoms with Crippen LogP contribution in [0.3, 0.4) is 0 Å². The monoisotopic (exact) mass is 826 g/mol. The van der Waals surface area contributed by atoms with E-state index < -0.39 is 0 Å². The van der Waals surface area contributed by atoms with E-state index in [-0.39, 0.29) is 0 Å². The van der Waals surface area contributed by atoms with Gasteiger partial charge in [0.2, 0.25) is 0 Å². The average molecular weight is 827 g/mol. The van der Waals surface area contributed by atoms with E-state index in [0.29, 0.717) is 5.82 Å². The third kappa shape index (κ3) is 6.28. The van der Waals surface area contributed by atoms with Crippen LogP contribution in [0.5, 0.6) is 0 Å². The first-order valence-electron chi connectivity index (χ1n) is 22.1. The Kier molecular flexibility index (Phi) is 8.53. The van der Waals surface area contributed by atoms with Crippen molar-refractivity contribution in [3.63, 3.8) is 0 Å². The number of hydrogen-bond donors (Lipinski definition) is 0. The quantitative estimate of drug-likeness (QED) is 0.124. The Morgan fingerprint density at radius 2 is 0.815 bits per heavy atom. The second-order valence-corrected chi connectivity index (χ2v) is 16.9. The molecule has 11 aromatic carbocycles. The summed E-state index contributed by atoms with van der Waals surface area (Å²) in [5, 5.41) is 12.3. The second-order valence-electron chi connectivity index (χ2n) is 16.9. The highest BCUT2D eigenvalue weighted by atomic mass is 16.3. The van der Waals surface area contributed by atoms with Crippen molar-refractivity contribution in [1.29, 1.82) is 0 Å². The summed E-state index contributed by atoms with van der Waals surface area (Å²) < 4.78 is 6.14. The van der Waals surface area contributed by atoms with Gasteiger partial charge in [0, 0.05) is 27.5 Å². The minimum Gasteiger partial charge on any atom is -0.456 e. The van der Waals surface area contributed by atoms with Gasteiger partial charge in [0.25, 0.3) is 0 Å². The molecule has 0 aliphatic rings. The van der Waals surface area contributed by atoms with E-state index >= 15 is 0 Å². The number of furan rings is 1. The molecule has 2 aromatic heterocycles. The summed E-state index contributed by atoms with van der Waals surface area (Å²) in [5.74, 6) is 0.689. The molecule has 0 saturated carbocycles. The van der Waals surface area contributed by atoms with Gasteiger partial charge in [0.05, 0.1) is 11.4 Å². The van der Waals surface area contributed by atoms with Crippen LogP contribution in [-0.4, -0.2) is 9.97 Å². The molecule has 0 aliphatic heterocycles. The van der Waals surface area contributed by atoms with E-state index in [1.807, 2.05) is 42.5 Å². The zero-order chi connectivity index (χ0) is 42.8. The maximum atomic E-state index is 6.14. The van der Waals surface area contributed by atoms with Crippen LogP contribution in [0.1, 0.15) is 0 Å². The predicted octanol–water partition coefficient (Wildman–Crippen LogP) is 17.0. The zero-order valence-corrected chi connectivity index (χ0v) is 35.2.